The Morgan fingerprint density at radius 3 is 2.70 bits per heavy atom. The Balaban J connectivity index is 1.88. The molecular formula is C16H30N4. The van der Waals surface area contributed by atoms with Crippen molar-refractivity contribution in [1.82, 2.24) is 14.7 Å². The largest absolute Gasteiger partial charge is 0.330 e. The predicted octanol–water partition coefficient (Wildman–Crippen LogP) is 2.81. The van der Waals surface area contributed by atoms with E-state index in [4.69, 9.17) is 10.8 Å². The van der Waals surface area contributed by atoms with Gasteiger partial charge in [-0.05, 0) is 37.9 Å². The van der Waals surface area contributed by atoms with Crippen LogP contribution in [0.4, 0.5) is 0 Å². The lowest BCUT2D eigenvalue weighted by molar-refractivity contribution is 0.207. The van der Waals surface area contributed by atoms with Gasteiger partial charge in [0.15, 0.2) is 0 Å². The van der Waals surface area contributed by atoms with Crippen LogP contribution in [-0.2, 0) is 6.54 Å². The molecule has 1 aliphatic rings. The number of rotatable bonds is 6. The molecule has 0 amide bonds. The topological polar surface area (TPSA) is 47.1 Å². The molecule has 4 heteroatoms. The lowest BCUT2D eigenvalue weighted by Gasteiger charge is -2.28. The van der Waals surface area contributed by atoms with Crippen LogP contribution < -0.4 is 5.73 Å². The van der Waals surface area contributed by atoms with E-state index < -0.39 is 0 Å². The molecule has 0 saturated heterocycles. The molecule has 1 aromatic heterocycles. The van der Waals surface area contributed by atoms with E-state index in [1.807, 2.05) is 0 Å². The second-order valence-electron chi connectivity index (χ2n) is 7.12. The zero-order valence-electron chi connectivity index (χ0n) is 13.3. The SMILES string of the molecule is CN(Cc1ccn(C2CCCCC2)n1)CC(C)(C)CN. The summed E-state index contributed by atoms with van der Waals surface area (Å²) in [5, 5.41) is 4.77. The second-order valence-corrected chi connectivity index (χ2v) is 7.12. The quantitative estimate of drug-likeness (QED) is 0.870. The van der Waals surface area contributed by atoms with Crippen molar-refractivity contribution in [2.45, 2.75) is 58.5 Å². The first-order valence-electron chi connectivity index (χ1n) is 7.93. The van der Waals surface area contributed by atoms with Gasteiger partial charge in [-0.25, -0.2) is 0 Å². The van der Waals surface area contributed by atoms with E-state index in [0.717, 1.165) is 13.1 Å². The average molecular weight is 278 g/mol. The van der Waals surface area contributed by atoms with Crippen molar-refractivity contribution in [3.8, 4) is 0 Å². The van der Waals surface area contributed by atoms with Crippen LogP contribution in [-0.4, -0.2) is 34.8 Å². The fraction of sp³-hybridized carbons (Fsp3) is 0.812. The van der Waals surface area contributed by atoms with Gasteiger partial charge in [0.1, 0.15) is 0 Å². The van der Waals surface area contributed by atoms with Gasteiger partial charge in [0.25, 0.3) is 0 Å². The van der Waals surface area contributed by atoms with Gasteiger partial charge in [-0.15, -0.1) is 0 Å². The summed E-state index contributed by atoms with van der Waals surface area (Å²) in [6, 6.07) is 2.80. The molecule has 1 aromatic rings. The Labute approximate surface area is 123 Å². The molecule has 2 rings (SSSR count). The average Bonchev–Trinajstić information content (AvgIpc) is 2.87. The number of hydrogen-bond acceptors (Lipinski definition) is 3. The highest BCUT2D eigenvalue weighted by atomic mass is 15.3. The minimum atomic E-state index is 0.167. The molecule has 114 valence electrons. The van der Waals surface area contributed by atoms with Gasteiger partial charge < -0.3 is 5.73 Å². The first-order valence-corrected chi connectivity index (χ1v) is 7.93. The zero-order valence-corrected chi connectivity index (χ0v) is 13.3. The van der Waals surface area contributed by atoms with Crippen LogP contribution in [0.3, 0.4) is 0 Å². The third-order valence-electron chi connectivity index (χ3n) is 4.29. The van der Waals surface area contributed by atoms with E-state index in [2.05, 4.69) is 42.7 Å². The Morgan fingerprint density at radius 2 is 2.05 bits per heavy atom. The summed E-state index contributed by atoms with van der Waals surface area (Å²) < 4.78 is 2.19. The third-order valence-corrected chi connectivity index (χ3v) is 4.29. The van der Waals surface area contributed by atoms with Crippen molar-refractivity contribution < 1.29 is 0 Å². The van der Waals surface area contributed by atoms with Crippen molar-refractivity contribution in [2.75, 3.05) is 20.1 Å². The van der Waals surface area contributed by atoms with E-state index >= 15 is 0 Å². The van der Waals surface area contributed by atoms with Gasteiger partial charge in [-0.3, -0.25) is 9.58 Å². The maximum absolute atomic E-state index is 5.80. The van der Waals surface area contributed by atoms with Crippen LogP contribution in [0.2, 0.25) is 0 Å². The first-order chi connectivity index (χ1) is 9.50. The number of hydrogen-bond donors (Lipinski definition) is 1. The molecule has 0 unspecified atom stereocenters. The zero-order chi connectivity index (χ0) is 14.6. The van der Waals surface area contributed by atoms with E-state index in [9.17, 15) is 0 Å². The van der Waals surface area contributed by atoms with Gasteiger partial charge in [0, 0.05) is 19.3 Å². The molecule has 1 aliphatic carbocycles. The minimum absolute atomic E-state index is 0.167. The van der Waals surface area contributed by atoms with Gasteiger partial charge in [0.2, 0.25) is 0 Å². The normalized spacial score (nSPS) is 17.9. The summed E-state index contributed by atoms with van der Waals surface area (Å²) in [6.45, 7) is 7.05. The Morgan fingerprint density at radius 1 is 1.35 bits per heavy atom. The maximum Gasteiger partial charge on any atom is 0.0764 e. The van der Waals surface area contributed by atoms with E-state index in [1.54, 1.807) is 0 Å². The molecule has 0 radical (unpaired) electrons. The summed E-state index contributed by atoms with van der Waals surface area (Å²) in [4.78, 5) is 2.32. The summed E-state index contributed by atoms with van der Waals surface area (Å²) in [5.74, 6) is 0. The molecule has 0 aliphatic heterocycles. The van der Waals surface area contributed by atoms with Gasteiger partial charge in [0.05, 0.1) is 11.7 Å². The molecule has 1 saturated carbocycles. The Bertz CT molecular complexity index is 404. The van der Waals surface area contributed by atoms with Crippen LogP contribution >= 0.6 is 0 Å². The van der Waals surface area contributed by atoms with Crippen molar-refractivity contribution in [3.63, 3.8) is 0 Å². The third kappa shape index (κ3) is 4.32. The lowest BCUT2D eigenvalue weighted by Crippen LogP contribution is -2.36. The Kier molecular flexibility index (Phi) is 5.22. The summed E-state index contributed by atoms with van der Waals surface area (Å²) in [6.07, 6.45) is 8.83. The molecule has 20 heavy (non-hydrogen) atoms. The van der Waals surface area contributed by atoms with Gasteiger partial charge >= 0.3 is 0 Å². The predicted molar refractivity (Wildman–Crippen MR) is 83.5 cm³/mol. The second kappa shape index (κ2) is 6.72. The highest BCUT2D eigenvalue weighted by molar-refractivity contribution is 5.00. The Hall–Kier alpha value is -0.870. The molecule has 0 bridgehead atoms. The lowest BCUT2D eigenvalue weighted by atomic mass is 9.93. The minimum Gasteiger partial charge on any atom is -0.330 e. The summed E-state index contributed by atoms with van der Waals surface area (Å²) >= 11 is 0. The fourth-order valence-electron chi connectivity index (χ4n) is 3.14. The molecular weight excluding hydrogens is 248 g/mol. The van der Waals surface area contributed by atoms with E-state index in [-0.39, 0.29) is 5.41 Å². The smallest absolute Gasteiger partial charge is 0.0764 e. The van der Waals surface area contributed by atoms with Crippen molar-refractivity contribution in [1.29, 1.82) is 0 Å². The van der Waals surface area contributed by atoms with E-state index in [1.165, 1.54) is 37.8 Å². The fourth-order valence-corrected chi connectivity index (χ4v) is 3.14. The molecule has 0 aromatic carbocycles. The summed E-state index contributed by atoms with van der Waals surface area (Å²) in [7, 11) is 2.15. The van der Waals surface area contributed by atoms with Crippen molar-refractivity contribution in [2.24, 2.45) is 11.1 Å². The van der Waals surface area contributed by atoms with Crippen LogP contribution in [0.25, 0.3) is 0 Å². The molecule has 2 N–H and O–H groups in total. The van der Waals surface area contributed by atoms with Gasteiger partial charge in [-0.1, -0.05) is 33.1 Å². The van der Waals surface area contributed by atoms with Crippen molar-refractivity contribution in [3.05, 3.63) is 18.0 Å². The van der Waals surface area contributed by atoms with Crippen LogP contribution in [0.15, 0.2) is 12.3 Å². The highest BCUT2D eigenvalue weighted by Crippen LogP contribution is 2.27. The molecule has 0 spiro atoms. The number of nitrogens with zero attached hydrogens (tertiary/aromatic N) is 3. The molecule has 1 heterocycles. The van der Waals surface area contributed by atoms with Gasteiger partial charge in [-0.2, -0.15) is 5.10 Å². The van der Waals surface area contributed by atoms with Crippen LogP contribution in [0.1, 0.15) is 57.7 Å². The first kappa shape index (κ1) is 15.5. The van der Waals surface area contributed by atoms with Crippen molar-refractivity contribution >= 4 is 0 Å². The molecule has 4 nitrogen and oxygen atoms in total. The summed E-state index contributed by atoms with van der Waals surface area (Å²) in [5.41, 5.74) is 7.14. The van der Waals surface area contributed by atoms with E-state index in [0.29, 0.717) is 12.6 Å². The monoisotopic (exact) mass is 278 g/mol. The standard InChI is InChI=1S/C16H30N4/c1-16(2,12-17)13-19(3)11-14-9-10-20(18-14)15-7-5-4-6-8-15/h9-10,15H,4-8,11-13,17H2,1-3H3. The number of aromatic nitrogens is 2. The maximum atomic E-state index is 5.80. The molecule has 1 fully saturated rings. The number of nitrogens with two attached hydrogens (primary N) is 1. The molecule has 0 atom stereocenters. The highest BCUT2D eigenvalue weighted by Gasteiger charge is 2.19. The van der Waals surface area contributed by atoms with Crippen LogP contribution in [0.5, 0.6) is 0 Å². The van der Waals surface area contributed by atoms with Crippen LogP contribution in [0, 0.1) is 5.41 Å².